The number of carbonyl (C=O) groups is 3. The smallest absolute Gasteiger partial charge is 0.269 e. The molecule has 2 N–H and O–H groups in total. The van der Waals surface area contributed by atoms with Gasteiger partial charge in [0.05, 0.1) is 36.3 Å². The molecule has 12 nitrogen and oxygen atoms in total. The van der Waals surface area contributed by atoms with E-state index in [-0.39, 0.29) is 44.3 Å². The zero-order valence-corrected chi connectivity index (χ0v) is 30.3. The second-order valence-electron chi connectivity index (χ2n) is 13.9. The third-order valence-electron chi connectivity index (χ3n) is 10.2. The van der Waals surface area contributed by atoms with Crippen molar-refractivity contribution in [3.8, 4) is 0 Å². The molecule has 13 heteroatoms. The SMILES string of the molecule is C[C@H]1[C@H]([Si](C)(C)O)[C@@H](CC(=O)N(CCO)Cc2ccccc2)O[C@]12C(=O)N(Cc1ccc(N(C=O)c3ccccc3)cc1)c1ccc([N+](=O)[O-])cc12. The van der Waals surface area contributed by atoms with E-state index < -0.39 is 42.3 Å². The van der Waals surface area contributed by atoms with Crippen LogP contribution in [0.4, 0.5) is 22.7 Å². The molecule has 52 heavy (non-hydrogen) atoms. The standard InChI is InChI=1S/C39H42N4O8Si/c1-27-37(52(2,3)50)35(23-36(46)40(20-21-44)24-28-10-6-4-7-11-28)51-39(27)33-22-32(43(48)49)18-19-34(33)41(38(39)47)25-29-14-16-31(17-15-29)42(26-45)30-12-8-5-9-13-30/h4-19,22,26-27,35,37,44,50H,20-21,23-25H2,1-3H3/t27-,35+,37-,39+/m0/s1. The molecule has 0 saturated carbocycles. The third-order valence-corrected chi connectivity index (χ3v) is 12.7. The van der Waals surface area contributed by atoms with E-state index in [9.17, 15) is 34.4 Å². The lowest BCUT2D eigenvalue weighted by Crippen LogP contribution is -2.46. The number of ether oxygens (including phenoxy) is 1. The molecule has 1 saturated heterocycles. The van der Waals surface area contributed by atoms with Crippen molar-refractivity contribution in [2.24, 2.45) is 5.92 Å². The van der Waals surface area contributed by atoms with E-state index in [1.54, 1.807) is 36.2 Å². The molecule has 0 unspecified atom stereocenters. The maximum absolute atomic E-state index is 14.9. The van der Waals surface area contributed by atoms with Crippen LogP contribution in [0.15, 0.2) is 103 Å². The molecule has 0 aliphatic carbocycles. The van der Waals surface area contributed by atoms with Crippen LogP contribution in [0.1, 0.15) is 30.0 Å². The van der Waals surface area contributed by atoms with Crippen molar-refractivity contribution in [2.45, 2.75) is 56.8 Å². The van der Waals surface area contributed by atoms with Gasteiger partial charge in [-0.25, -0.2) is 0 Å². The average Bonchev–Trinajstić information content (AvgIpc) is 3.55. The summed E-state index contributed by atoms with van der Waals surface area (Å²) in [5.74, 6) is -1.39. The van der Waals surface area contributed by atoms with Crippen LogP contribution < -0.4 is 9.80 Å². The highest BCUT2D eigenvalue weighted by Gasteiger charge is 2.66. The number of nitro benzene ring substituents is 1. The number of hydrogen-bond donors (Lipinski definition) is 2. The van der Waals surface area contributed by atoms with Gasteiger partial charge in [0.2, 0.25) is 12.3 Å². The molecule has 0 radical (unpaired) electrons. The van der Waals surface area contributed by atoms with Gasteiger partial charge in [0, 0.05) is 53.6 Å². The predicted octanol–water partition coefficient (Wildman–Crippen LogP) is 5.65. The number of aliphatic hydroxyl groups excluding tert-OH is 1. The molecule has 270 valence electrons. The fourth-order valence-electron chi connectivity index (χ4n) is 7.86. The van der Waals surface area contributed by atoms with Gasteiger partial charge in [-0.1, -0.05) is 67.6 Å². The van der Waals surface area contributed by atoms with E-state index in [0.29, 0.717) is 22.6 Å². The van der Waals surface area contributed by atoms with Crippen LogP contribution in [0, 0.1) is 16.0 Å². The molecule has 4 aromatic rings. The molecule has 2 aliphatic heterocycles. The lowest BCUT2D eigenvalue weighted by Gasteiger charge is -2.32. The van der Waals surface area contributed by atoms with Gasteiger partial charge >= 0.3 is 0 Å². The first kappa shape index (κ1) is 36.6. The highest BCUT2D eigenvalue weighted by molar-refractivity contribution is 6.71. The lowest BCUT2D eigenvalue weighted by molar-refractivity contribution is -0.385. The molecule has 3 amide bonds. The molecular weight excluding hydrogens is 681 g/mol. The van der Waals surface area contributed by atoms with Crippen LogP contribution in [-0.4, -0.2) is 65.5 Å². The second kappa shape index (κ2) is 14.8. The van der Waals surface area contributed by atoms with Gasteiger partial charge in [-0.05, 0) is 54.6 Å². The van der Waals surface area contributed by atoms with Crippen molar-refractivity contribution in [3.63, 3.8) is 0 Å². The van der Waals surface area contributed by atoms with Crippen LogP contribution in [-0.2, 0) is 37.8 Å². The van der Waals surface area contributed by atoms with E-state index in [2.05, 4.69) is 0 Å². The fourth-order valence-corrected chi connectivity index (χ4v) is 10.4. The molecule has 0 aromatic heterocycles. The Bertz CT molecular complexity index is 1940. The van der Waals surface area contributed by atoms with Crippen LogP contribution in [0.25, 0.3) is 0 Å². The number of anilines is 3. The lowest BCUT2D eigenvalue weighted by atomic mass is 9.82. The van der Waals surface area contributed by atoms with Gasteiger partial charge < -0.3 is 24.4 Å². The van der Waals surface area contributed by atoms with Crippen LogP contribution in [0.5, 0.6) is 0 Å². The zero-order chi connectivity index (χ0) is 37.2. The van der Waals surface area contributed by atoms with E-state index >= 15 is 0 Å². The van der Waals surface area contributed by atoms with Gasteiger partial charge in [-0.2, -0.15) is 0 Å². The first-order valence-corrected chi connectivity index (χ1v) is 20.2. The molecule has 0 bridgehead atoms. The number of carbonyl (C=O) groups excluding carboxylic acids is 3. The average molecular weight is 723 g/mol. The topological polar surface area (TPSA) is 154 Å². The van der Waals surface area contributed by atoms with Crippen LogP contribution in [0.3, 0.4) is 0 Å². The van der Waals surface area contributed by atoms with E-state index in [0.717, 1.165) is 17.5 Å². The molecule has 4 atom stereocenters. The molecule has 2 heterocycles. The Balaban J connectivity index is 1.34. The van der Waals surface area contributed by atoms with Gasteiger partial charge in [-0.3, -0.25) is 29.4 Å². The van der Waals surface area contributed by atoms with Gasteiger partial charge in [0.15, 0.2) is 13.9 Å². The molecule has 1 spiro atoms. The van der Waals surface area contributed by atoms with Gasteiger partial charge in [-0.15, -0.1) is 0 Å². The largest absolute Gasteiger partial charge is 0.432 e. The van der Waals surface area contributed by atoms with Crippen molar-refractivity contribution in [1.29, 1.82) is 0 Å². The van der Waals surface area contributed by atoms with Crippen LogP contribution >= 0.6 is 0 Å². The van der Waals surface area contributed by atoms with E-state index in [1.807, 2.05) is 79.7 Å². The minimum Gasteiger partial charge on any atom is -0.432 e. The highest BCUT2D eigenvalue weighted by Crippen LogP contribution is 2.60. The van der Waals surface area contributed by atoms with Crippen LogP contribution in [0.2, 0.25) is 18.6 Å². The molecule has 6 rings (SSSR count). The first-order valence-electron chi connectivity index (χ1n) is 17.2. The maximum Gasteiger partial charge on any atom is 0.269 e. The summed E-state index contributed by atoms with van der Waals surface area (Å²) >= 11 is 0. The predicted molar refractivity (Wildman–Crippen MR) is 198 cm³/mol. The fraction of sp³-hybridized carbons (Fsp3) is 0.308. The Morgan fingerprint density at radius 1 is 0.981 bits per heavy atom. The number of hydrogen-bond acceptors (Lipinski definition) is 8. The molecular formula is C39H42N4O8Si. The van der Waals surface area contributed by atoms with Crippen molar-refractivity contribution in [2.75, 3.05) is 23.0 Å². The normalized spacial score (nSPS) is 20.9. The number of fused-ring (bicyclic) bond motifs is 2. The van der Waals surface area contributed by atoms with Crippen molar-refractivity contribution in [3.05, 3.63) is 130 Å². The Morgan fingerprint density at radius 3 is 2.21 bits per heavy atom. The summed E-state index contributed by atoms with van der Waals surface area (Å²) in [7, 11) is -3.15. The Labute approximate surface area is 303 Å². The third kappa shape index (κ3) is 6.87. The zero-order valence-electron chi connectivity index (χ0n) is 29.3. The number of nitrogens with zero attached hydrogens (tertiary/aromatic N) is 4. The summed E-state index contributed by atoms with van der Waals surface area (Å²) < 4.78 is 6.77. The van der Waals surface area contributed by atoms with Crippen molar-refractivity contribution < 1.29 is 33.9 Å². The minimum atomic E-state index is -3.15. The van der Waals surface area contributed by atoms with E-state index in [1.165, 1.54) is 21.9 Å². The molecule has 1 fully saturated rings. The summed E-state index contributed by atoms with van der Waals surface area (Å²) in [4.78, 5) is 68.5. The quantitative estimate of drug-likeness (QED) is 0.0778. The highest BCUT2D eigenvalue weighted by atomic mass is 28.4. The molecule has 4 aromatic carbocycles. The van der Waals surface area contributed by atoms with E-state index in [4.69, 9.17) is 4.74 Å². The Morgan fingerprint density at radius 2 is 1.62 bits per heavy atom. The maximum atomic E-state index is 14.9. The number of rotatable bonds is 13. The summed E-state index contributed by atoms with van der Waals surface area (Å²) in [6.07, 6.45) is -0.309. The monoisotopic (exact) mass is 722 g/mol. The summed E-state index contributed by atoms with van der Waals surface area (Å²) in [6.45, 7) is 5.50. The van der Waals surface area contributed by atoms with Gasteiger partial charge in [0.25, 0.3) is 11.6 Å². The molecule has 2 aliphatic rings. The summed E-state index contributed by atoms with van der Waals surface area (Å²) in [5.41, 5.74) is 1.21. The van der Waals surface area contributed by atoms with Gasteiger partial charge in [0.1, 0.15) is 0 Å². The first-order chi connectivity index (χ1) is 24.9. The number of nitro groups is 1. The minimum absolute atomic E-state index is 0.0856. The van der Waals surface area contributed by atoms with Crippen molar-refractivity contribution >= 4 is 49.3 Å². The Hall–Kier alpha value is -5.21. The number of amides is 3. The second-order valence-corrected chi connectivity index (χ2v) is 17.9. The number of aliphatic hydroxyl groups is 1. The Kier molecular flexibility index (Phi) is 10.4. The van der Waals surface area contributed by atoms with Crippen molar-refractivity contribution in [1.82, 2.24) is 4.90 Å². The summed E-state index contributed by atoms with van der Waals surface area (Å²) in [6, 6.07) is 30.0. The number of benzene rings is 4. The number of para-hydroxylation sites is 1. The number of non-ortho nitro benzene ring substituents is 1. The summed E-state index contributed by atoms with van der Waals surface area (Å²) in [5, 5.41) is 21.8.